The number of nitrogens with zero attached hydrogens (tertiary/aromatic N) is 4. The van der Waals surface area contributed by atoms with Gasteiger partial charge in [0.15, 0.2) is 5.82 Å². The lowest BCUT2D eigenvalue weighted by Gasteiger charge is -2.17. The number of rotatable bonds is 6. The lowest BCUT2D eigenvalue weighted by Crippen LogP contribution is -2.27. The minimum atomic E-state index is -0.544. The maximum Gasteiger partial charge on any atom is 0.235 e. The summed E-state index contributed by atoms with van der Waals surface area (Å²) >= 11 is 6.15. The molecule has 0 radical (unpaired) electrons. The summed E-state index contributed by atoms with van der Waals surface area (Å²) in [7, 11) is 1.57. The predicted octanol–water partition coefficient (Wildman–Crippen LogP) is 4.26. The van der Waals surface area contributed by atoms with Gasteiger partial charge in [-0.25, -0.2) is 10.1 Å². The zero-order chi connectivity index (χ0) is 22.1. The molecule has 0 unspecified atom stereocenters. The minimum Gasteiger partial charge on any atom is -0.481 e. The molecule has 0 atom stereocenters. The van der Waals surface area contributed by atoms with Crippen molar-refractivity contribution in [3.63, 3.8) is 0 Å². The van der Waals surface area contributed by atoms with Crippen LogP contribution < -0.4 is 10.1 Å². The second-order valence-corrected chi connectivity index (χ2v) is 8.08. The monoisotopic (exact) mass is 446 g/mol. The van der Waals surface area contributed by atoms with Crippen LogP contribution in [0.25, 0.3) is 22.5 Å². The van der Waals surface area contributed by atoms with Gasteiger partial charge in [-0.15, -0.1) is 5.10 Å². The largest absolute Gasteiger partial charge is 0.481 e. The van der Waals surface area contributed by atoms with Gasteiger partial charge in [-0.3, -0.25) is 4.79 Å². The van der Waals surface area contributed by atoms with E-state index in [9.17, 15) is 4.79 Å². The molecule has 5 rings (SSSR count). The van der Waals surface area contributed by atoms with Gasteiger partial charge < -0.3 is 10.1 Å². The summed E-state index contributed by atoms with van der Waals surface area (Å²) in [4.78, 5) is 17.5. The van der Waals surface area contributed by atoms with Crippen molar-refractivity contribution in [2.75, 3.05) is 12.4 Å². The minimum absolute atomic E-state index is 0.0553. The molecule has 8 nitrogen and oxygen atoms in total. The fourth-order valence-corrected chi connectivity index (χ4v) is 4.00. The highest BCUT2D eigenvalue weighted by Crippen LogP contribution is 2.49. The van der Waals surface area contributed by atoms with Crippen molar-refractivity contribution in [3.05, 3.63) is 71.4 Å². The molecule has 1 amide bonds. The number of benzene rings is 2. The molecule has 2 aromatic carbocycles. The maximum atomic E-state index is 13.2. The third-order valence-electron chi connectivity index (χ3n) is 5.70. The van der Waals surface area contributed by atoms with Crippen molar-refractivity contribution in [2.24, 2.45) is 0 Å². The number of methoxy groups -OCH3 is 1. The molecule has 1 saturated carbocycles. The smallest absolute Gasteiger partial charge is 0.235 e. The standard InChI is InChI=1S/C23H19ClN6O2/c1-32-20-8-5-14(13-25-20)18-7-6-17(12-19(18)21-27-29-30-28-21)26-22(31)23(9-10-23)15-3-2-4-16(24)11-15/h2-8,11-13H,9-10H2,1H3,(H,26,31)(H,27,28,29,30). The van der Waals surface area contributed by atoms with Crippen molar-refractivity contribution in [1.29, 1.82) is 0 Å². The topological polar surface area (TPSA) is 106 Å². The van der Waals surface area contributed by atoms with Gasteiger partial charge in [0, 0.05) is 34.1 Å². The highest BCUT2D eigenvalue weighted by molar-refractivity contribution is 6.30. The Hall–Kier alpha value is -3.78. The molecule has 32 heavy (non-hydrogen) atoms. The third-order valence-corrected chi connectivity index (χ3v) is 5.93. The molecule has 2 heterocycles. The van der Waals surface area contributed by atoms with Gasteiger partial charge in [-0.2, -0.15) is 0 Å². The number of anilines is 1. The molecule has 4 aromatic rings. The second-order valence-electron chi connectivity index (χ2n) is 7.65. The van der Waals surface area contributed by atoms with Gasteiger partial charge in [-0.1, -0.05) is 29.8 Å². The Morgan fingerprint density at radius 3 is 2.66 bits per heavy atom. The van der Waals surface area contributed by atoms with Crippen molar-refractivity contribution in [3.8, 4) is 28.4 Å². The van der Waals surface area contributed by atoms with E-state index in [0.29, 0.717) is 22.4 Å². The summed E-state index contributed by atoms with van der Waals surface area (Å²) in [5.41, 5.74) is 3.52. The second kappa shape index (κ2) is 8.05. The van der Waals surface area contributed by atoms with E-state index in [1.807, 2.05) is 48.5 Å². The molecule has 0 aliphatic heterocycles. The number of H-pyrrole nitrogens is 1. The number of aromatic amines is 1. The normalized spacial score (nSPS) is 14.1. The van der Waals surface area contributed by atoms with Gasteiger partial charge >= 0.3 is 0 Å². The van der Waals surface area contributed by atoms with Crippen molar-refractivity contribution >= 4 is 23.2 Å². The first kappa shape index (κ1) is 20.1. The Bertz CT molecular complexity index is 1270. The number of pyridine rings is 1. The lowest BCUT2D eigenvalue weighted by atomic mass is 9.94. The first-order valence-electron chi connectivity index (χ1n) is 10.1. The van der Waals surface area contributed by atoms with E-state index in [1.54, 1.807) is 19.4 Å². The molecule has 1 aliphatic rings. The molecule has 0 saturated heterocycles. The van der Waals surface area contributed by atoms with Crippen LogP contribution in [-0.4, -0.2) is 38.6 Å². The van der Waals surface area contributed by atoms with Crippen LogP contribution in [-0.2, 0) is 10.2 Å². The molecule has 0 bridgehead atoms. The average Bonchev–Trinajstić information content (AvgIpc) is 3.46. The number of nitrogens with one attached hydrogen (secondary N) is 2. The molecule has 9 heteroatoms. The molecular formula is C23H19ClN6O2. The van der Waals surface area contributed by atoms with E-state index in [2.05, 4.69) is 30.9 Å². The number of amides is 1. The molecule has 1 aliphatic carbocycles. The zero-order valence-electron chi connectivity index (χ0n) is 17.2. The van der Waals surface area contributed by atoms with Crippen molar-refractivity contribution in [2.45, 2.75) is 18.3 Å². The Morgan fingerprint density at radius 1 is 1.12 bits per heavy atom. The average molecular weight is 447 g/mol. The van der Waals surface area contributed by atoms with Crippen LogP contribution in [0.4, 0.5) is 5.69 Å². The summed E-state index contributed by atoms with van der Waals surface area (Å²) in [5.74, 6) is 0.958. The van der Waals surface area contributed by atoms with Crippen molar-refractivity contribution in [1.82, 2.24) is 25.6 Å². The van der Waals surface area contributed by atoms with E-state index in [4.69, 9.17) is 16.3 Å². The predicted molar refractivity (Wildman–Crippen MR) is 120 cm³/mol. The number of ether oxygens (including phenoxy) is 1. The first-order valence-corrected chi connectivity index (χ1v) is 10.4. The highest BCUT2D eigenvalue weighted by Gasteiger charge is 2.51. The van der Waals surface area contributed by atoms with E-state index < -0.39 is 5.41 Å². The molecule has 0 spiro atoms. The number of aromatic nitrogens is 5. The zero-order valence-corrected chi connectivity index (χ0v) is 17.9. The molecule has 160 valence electrons. The summed E-state index contributed by atoms with van der Waals surface area (Å²) in [5, 5.41) is 17.9. The third kappa shape index (κ3) is 3.69. The Balaban J connectivity index is 1.48. The van der Waals surface area contributed by atoms with E-state index in [0.717, 1.165) is 35.1 Å². The van der Waals surface area contributed by atoms with Gasteiger partial charge in [-0.05, 0) is 64.7 Å². The van der Waals surface area contributed by atoms with E-state index in [1.165, 1.54) is 0 Å². The van der Waals surface area contributed by atoms with Crippen LogP contribution in [0.5, 0.6) is 5.88 Å². The first-order chi connectivity index (χ1) is 15.6. The van der Waals surface area contributed by atoms with Crippen LogP contribution in [0.2, 0.25) is 5.02 Å². The number of carbonyl (C=O) groups is 1. The van der Waals surface area contributed by atoms with Crippen molar-refractivity contribution < 1.29 is 9.53 Å². The van der Waals surface area contributed by atoms with Crippen LogP contribution in [0.15, 0.2) is 60.8 Å². The molecule has 2 N–H and O–H groups in total. The van der Waals surface area contributed by atoms with E-state index in [-0.39, 0.29) is 5.91 Å². The van der Waals surface area contributed by atoms with Gasteiger partial charge in [0.1, 0.15) is 0 Å². The number of carbonyl (C=O) groups excluding carboxylic acids is 1. The molecule has 1 fully saturated rings. The number of hydrogen-bond acceptors (Lipinski definition) is 6. The molecule has 2 aromatic heterocycles. The SMILES string of the molecule is COc1ccc(-c2ccc(NC(=O)C3(c4cccc(Cl)c4)CC3)cc2-c2nnn[nH]2)cn1. The lowest BCUT2D eigenvalue weighted by molar-refractivity contribution is -0.118. The highest BCUT2D eigenvalue weighted by atomic mass is 35.5. The Labute approximate surface area is 189 Å². The summed E-state index contributed by atoms with van der Waals surface area (Å²) in [6.07, 6.45) is 3.29. The van der Waals surface area contributed by atoms with Crippen LogP contribution in [0.3, 0.4) is 0 Å². The summed E-state index contributed by atoms with van der Waals surface area (Å²) in [6, 6.07) is 16.8. The van der Waals surface area contributed by atoms with Crippen LogP contribution >= 0.6 is 11.6 Å². The van der Waals surface area contributed by atoms with Crippen LogP contribution in [0, 0.1) is 0 Å². The summed E-state index contributed by atoms with van der Waals surface area (Å²) < 4.78 is 5.15. The van der Waals surface area contributed by atoms with Gasteiger partial charge in [0.25, 0.3) is 0 Å². The maximum absolute atomic E-state index is 13.2. The Morgan fingerprint density at radius 2 is 2.00 bits per heavy atom. The number of hydrogen-bond donors (Lipinski definition) is 2. The fraction of sp³-hybridized carbons (Fsp3) is 0.174. The van der Waals surface area contributed by atoms with Gasteiger partial charge in [0.2, 0.25) is 11.8 Å². The quantitative estimate of drug-likeness (QED) is 0.458. The van der Waals surface area contributed by atoms with Crippen LogP contribution in [0.1, 0.15) is 18.4 Å². The van der Waals surface area contributed by atoms with E-state index >= 15 is 0 Å². The fourth-order valence-electron chi connectivity index (χ4n) is 3.81. The number of halogens is 1. The number of tetrazole rings is 1. The molecular weight excluding hydrogens is 428 g/mol. The summed E-state index contributed by atoms with van der Waals surface area (Å²) in [6.45, 7) is 0. The van der Waals surface area contributed by atoms with Gasteiger partial charge in [0.05, 0.1) is 12.5 Å². The Kier molecular flexibility index (Phi) is 5.07.